The number of para-hydroxylation sites is 1. The van der Waals surface area contributed by atoms with E-state index in [0.29, 0.717) is 28.5 Å². The Kier molecular flexibility index (Phi) is 7.05. The Hall–Kier alpha value is -3.22. The third kappa shape index (κ3) is 5.37. The number of hydrogen-bond donors (Lipinski definition) is 1. The van der Waals surface area contributed by atoms with Gasteiger partial charge >= 0.3 is 0 Å². The quantitative estimate of drug-likeness (QED) is 0.719. The molecule has 0 fully saturated rings. The molecule has 0 radical (unpaired) electrons. The van der Waals surface area contributed by atoms with Gasteiger partial charge in [-0.2, -0.15) is 0 Å². The molecule has 0 heterocycles. The Labute approximate surface area is 157 Å². The molecule has 144 valence electrons. The number of nitrogens with one attached hydrogen (secondary N) is 1. The van der Waals surface area contributed by atoms with Crippen LogP contribution >= 0.6 is 0 Å². The van der Waals surface area contributed by atoms with Gasteiger partial charge in [-0.1, -0.05) is 18.2 Å². The van der Waals surface area contributed by atoms with Crippen LogP contribution in [0.4, 0.5) is 5.69 Å². The van der Waals surface area contributed by atoms with Crippen molar-refractivity contribution in [2.75, 3.05) is 26.6 Å². The highest BCUT2D eigenvalue weighted by molar-refractivity contribution is 5.94. The zero-order chi connectivity index (χ0) is 19.8. The lowest BCUT2D eigenvalue weighted by molar-refractivity contribution is -0.311. The van der Waals surface area contributed by atoms with Crippen LogP contribution in [0.25, 0.3) is 0 Å². The summed E-state index contributed by atoms with van der Waals surface area (Å²) in [6.07, 6.45) is -0.129. The van der Waals surface area contributed by atoms with Crippen molar-refractivity contribution in [1.82, 2.24) is 0 Å². The summed E-state index contributed by atoms with van der Waals surface area (Å²) >= 11 is 0. The highest BCUT2D eigenvalue weighted by Crippen LogP contribution is 2.29. The van der Waals surface area contributed by atoms with Crippen LogP contribution in [0.2, 0.25) is 0 Å². The topological polar surface area (TPSA) is 96.9 Å². The van der Waals surface area contributed by atoms with Crippen LogP contribution in [-0.4, -0.2) is 33.2 Å². The molecule has 0 aliphatic rings. The first-order valence-corrected chi connectivity index (χ1v) is 8.33. The van der Waals surface area contributed by atoms with Crippen LogP contribution in [0.15, 0.2) is 42.5 Å². The van der Waals surface area contributed by atoms with Gasteiger partial charge in [-0.15, -0.1) is 0 Å². The number of anilines is 1. The molecule has 0 saturated heterocycles. The molecule has 0 aliphatic heterocycles. The number of amides is 1. The van der Waals surface area contributed by atoms with Crippen LogP contribution < -0.4 is 24.6 Å². The summed E-state index contributed by atoms with van der Waals surface area (Å²) in [5.41, 5.74) is 1.09. The maximum atomic E-state index is 12.4. The standard InChI is InChI=1S/C20H23NO6/c1-25-15-8-9-18(27-3)16(12-15)21-19(22)11-14(20(23)24)10-13-6-4-5-7-17(13)26-2/h4-9,12,14H,10-11H2,1-3H3,(H,21,22)(H,23,24)/p-1/t14-/m0/s1. The number of methoxy groups -OCH3 is 3. The fourth-order valence-electron chi connectivity index (χ4n) is 2.71. The predicted octanol–water partition coefficient (Wildman–Crippen LogP) is 1.65. The number of hydrogen-bond acceptors (Lipinski definition) is 6. The van der Waals surface area contributed by atoms with E-state index in [9.17, 15) is 14.7 Å². The molecule has 1 N–H and O–H groups in total. The van der Waals surface area contributed by atoms with E-state index in [4.69, 9.17) is 14.2 Å². The fraction of sp³-hybridized carbons (Fsp3) is 0.300. The smallest absolute Gasteiger partial charge is 0.225 e. The molecular weight excluding hydrogens is 350 g/mol. The fourth-order valence-corrected chi connectivity index (χ4v) is 2.71. The van der Waals surface area contributed by atoms with Gasteiger partial charge in [0.05, 0.1) is 27.0 Å². The summed E-state index contributed by atoms with van der Waals surface area (Å²) in [5, 5.41) is 14.2. The first-order valence-electron chi connectivity index (χ1n) is 8.33. The molecule has 7 nitrogen and oxygen atoms in total. The summed E-state index contributed by atoms with van der Waals surface area (Å²) in [7, 11) is 4.49. The van der Waals surface area contributed by atoms with Gasteiger partial charge in [-0.3, -0.25) is 4.79 Å². The second-order valence-electron chi connectivity index (χ2n) is 5.85. The van der Waals surface area contributed by atoms with E-state index in [0.717, 1.165) is 0 Å². The molecule has 2 rings (SSSR count). The molecule has 0 aromatic heterocycles. The van der Waals surface area contributed by atoms with Gasteiger partial charge in [-0.05, 0) is 30.2 Å². The summed E-state index contributed by atoms with van der Waals surface area (Å²) in [4.78, 5) is 23.9. The minimum absolute atomic E-state index is 0.120. The molecule has 0 spiro atoms. The lowest BCUT2D eigenvalue weighted by atomic mass is 9.95. The molecule has 2 aromatic rings. The molecule has 2 aromatic carbocycles. The molecular formula is C20H22NO6-. The molecule has 7 heteroatoms. The van der Waals surface area contributed by atoms with Crippen molar-refractivity contribution in [3.8, 4) is 17.2 Å². The Morgan fingerprint density at radius 2 is 1.70 bits per heavy atom. The maximum absolute atomic E-state index is 12.4. The van der Waals surface area contributed by atoms with Gasteiger partial charge in [0.2, 0.25) is 5.91 Å². The third-order valence-electron chi connectivity index (χ3n) is 4.10. The lowest BCUT2D eigenvalue weighted by Crippen LogP contribution is -2.35. The van der Waals surface area contributed by atoms with Crippen molar-refractivity contribution in [3.63, 3.8) is 0 Å². The average Bonchev–Trinajstić information content (AvgIpc) is 2.67. The van der Waals surface area contributed by atoms with Gasteiger partial charge in [0.1, 0.15) is 17.2 Å². The van der Waals surface area contributed by atoms with E-state index >= 15 is 0 Å². The zero-order valence-electron chi connectivity index (χ0n) is 15.5. The Morgan fingerprint density at radius 3 is 2.33 bits per heavy atom. The summed E-state index contributed by atoms with van der Waals surface area (Å²) in [6.45, 7) is 0. The number of carbonyl (C=O) groups is 2. The second kappa shape index (κ2) is 9.47. The highest BCUT2D eigenvalue weighted by atomic mass is 16.5. The highest BCUT2D eigenvalue weighted by Gasteiger charge is 2.19. The van der Waals surface area contributed by atoms with Crippen molar-refractivity contribution >= 4 is 17.6 Å². The number of ether oxygens (including phenoxy) is 3. The van der Waals surface area contributed by atoms with E-state index in [-0.39, 0.29) is 12.8 Å². The van der Waals surface area contributed by atoms with Crippen LogP contribution in [0, 0.1) is 5.92 Å². The van der Waals surface area contributed by atoms with Crippen molar-refractivity contribution in [2.45, 2.75) is 12.8 Å². The number of aliphatic carboxylic acids is 1. The van der Waals surface area contributed by atoms with Gasteiger partial charge in [0.25, 0.3) is 0 Å². The predicted molar refractivity (Wildman–Crippen MR) is 98.0 cm³/mol. The van der Waals surface area contributed by atoms with E-state index in [1.165, 1.54) is 21.3 Å². The van der Waals surface area contributed by atoms with Crippen molar-refractivity contribution in [1.29, 1.82) is 0 Å². The van der Waals surface area contributed by atoms with Crippen LogP contribution in [0.3, 0.4) is 0 Å². The zero-order valence-corrected chi connectivity index (χ0v) is 15.5. The first kappa shape index (κ1) is 20.1. The van der Waals surface area contributed by atoms with Gasteiger partial charge in [0, 0.05) is 24.4 Å². The van der Waals surface area contributed by atoms with Gasteiger partial charge in [-0.25, -0.2) is 0 Å². The van der Waals surface area contributed by atoms with Crippen LogP contribution in [0.5, 0.6) is 17.2 Å². The third-order valence-corrected chi connectivity index (χ3v) is 4.10. The Balaban J connectivity index is 2.13. The van der Waals surface area contributed by atoms with E-state index in [1.54, 1.807) is 42.5 Å². The number of carbonyl (C=O) groups excluding carboxylic acids is 2. The van der Waals surface area contributed by atoms with Crippen LogP contribution in [0.1, 0.15) is 12.0 Å². The Morgan fingerprint density at radius 1 is 1.00 bits per heavy atom. The summed E-state index contributed by atoms with van der Waals surface area (Å²) < 4.78 is 15.6. The number of carboxylic acids is 1. The lowest BCUT2D eigenvalue weighted by Gasteiger charge is -2.19. The molecule has 0 aliphatic carbocycles. The van der Waals surface area contributed by atoms with E-state index < -0.39 is 17.8 Å². The van der Waals surface area contributed by atoms with Crippen molar-refractivity contribution in [3.05, 3.63) is 48.0 Å². The van der Waals surface area contributed by atoms with Crippen molar-refractivity contribution < 1.29 is 28.9 Å². The summed E-state index contributed by atoms with van der Waals surface area (Å²) in [5.74, 6) is -1.22. The monoisotopic (exact) mass is 372 g/mol. The number of rotatable bonds is 9. The molecule has 27 heavy (non-hydrogen) atoms. The van der Waals surface area contributed by atoms with Gasteiger partial charge in [0.15, 0.2) is 0 Å². The number of carboxylic acid groups (broad SMARTS) is 1. The summed E-state index contributed by atoms with van der Waals surface area (Å²) in [6, 6.07) is 12.0. The minimum atomic E-state index is -1.30. The molecule has 0 saturated carbocycles. The van der Waals surface area contributed by atoms with Crippen molar-refractivity contribution in [2.24, 2.45) is 5.92 Å². The SMILES string of the molecule is COc1ccc(OC)c(NC(=O)C[C@H](Cc2ccccc2OC)C(=O)[O-])c1. The average molecular weight is 372 g/mol. The van der Waals surface area contributed by atoms with Crippen LogP contribution in [-0.2, 0) is 16.0 Å². The van der Waals surface area contributed by atoms with Gasteiger partial charge < -0.3 is 29.4 Å². The van der Waals surface area contributed by atoms with E-state index in [1.807, 2.05) is 0 Å². The normalized spacial score (nSPS) is 11.4. The molecule has 1 atom stereocenters. The second-order valence-corrected chi connectivity index (χ2v) is 5.85. The minimum Gasteiger partial charge on any atom is -0.550 e. The molecule has 0 bridgehead atoms. The molecule has 0 unspecified atom stereocenters. The molecule has 1 amide bonds. The maximum Gasteiger partial charge on any atom is 0.225 e. The first-order chi connectivity index (χ1) is 13.0. The Bertz CT molecular complexity index is 805. The number of benzene rings is 2. The largest absolute Gasteiger partial charge is 0.550 e. The van der Waals surface area contributed by atoms with E-state index in [2.05, 4.69) is 5.32 Å².